The van der Waals surface area contributed by atoms with Gasteiger partial charge in [-0.25, -0.2) is 9.78 Å². The van der Waals surface area contributed by atoms with E-state index in [9.17, 15) is 14.7 Å². The number of nitrogens with one attached hydrogen (secondary N) is 1. The predicted molar refractivity (Wildman–Crippen MR) is 96.7 cm³/mol. The van der Waals surface area contributed by atoms with E-state index in [0.717, 1.165) is 17.0 Å². The minimum atomic E-state index is -1.10. The minimum Gasteiger partial charge on any atom is -0.493 e. The Morgan fingerprint density at radius 3 is 2.58 bits per heavy atom. The van der Waals surface area contributed by atoms with Crippen molar-refractivity contribution in [3.05, 3.63) is 29.3 Å². The molecule has 0 saturated heterocycles. The van der Waals surface area contributed by atoms with E-state index in [1.54, 1.807) is 25.7 Å². The second-order valence-corrected chi connectivity index (χ2v) is 7.04. The van der Waals surface area contributed by atoms with Crippen molar-refractivity contribution in [1.82, 2.24) is 10.3 Å². The Morgan fingerprint density at radius 2 is 2.00 bits per heavy atom. The molecule has 7 nitrogen and oxygen atoms in total. The summed E-state index contributed by atoms with van der Waals surface area (Å²) < 4.78 is 10.5. The van der Waals surface area contributed by atoms with Gasteiger partial charge in [0.05, 0.1) is 26.3 Å². The van der Waals surface area contributed by atoms with Crippen molar-refractivity contribution < 1.29 is 24.2 Å². The number of aliphatic carboxylic acids is 1. The first-order valence-electron chi connectivity index (χ1n) is 8.18. The first kappa shape index (κ1) is 18.2. The first-order valence-corrected chi connectivity index (χ1v) is 9.06. The van der Waals surface area contributed by atoms with Crippen molar-refractivity contribution >= 4 is 23.2 Å². The summed E-state index contributed by atoms with van der Waals surface area (Å²) in [5, 5.41) is 14.5. The zero-order valence-electron chi connectivity index (χ0n) is 14.6. The van der Waals surface area contributed by atoms with E-state index >= 15 is 0 Å². The maximum absolute atomic E-state index is 12.2. The Balaban J connectivity index is 1.70. The van der Waals surface area contributed by atoms with Gasteiger partial charge in [-0.05, 0) is 37.5 Å². The van der Waals surface area contributed by atoms with E-state index in [1.807, 2.05) is 12.1 Å². The van der Waals surface area contributed by atoms with Crippen LogP contribution < -0.4 is 14.8 Å². The van der Waals surface area contributed by atoms with E-state index in [-0.39, 0.29) is 12.3 Å². The Hall–Kier alpha value is -2.61. The molecule has 0 aliphatic heterocycles. The number of thiazole rings is 1. The number of carboxylic acid groups (broad SMARTS) is 1. The average Bonchev–Trinajstić information content (AvgIpc) is 3.05. The highest BCUT2D eigenvalue weighted by Crippen LogP contribution is 2.34. The molecule has 138 valence electrons. The molecule has 0 unspecified atom stereocenters. The van der Waals surface area contributed by atoms with Gasteiger partial charge in [0, 0.05) is 10.9 Å². The van der Waals surface area contributed by atoms with Crippen molar-refractivity contribution in [3.63, 3.8) is 0 Å². The normalized spacial score (nSPS) is 15.0. The van der Waals surface area contributed by atoms with Crippen LogP contribution in [0.25, 0.3) is 10.6 Å². The molecule has 1 aromatic carbocycles. The van der Waals surface area contributed by atoms with Gasteiger partial charge in [-0.1, -0.05) is 0 Å². The average molecular weight is 376 g/mol. The number of carbonyl (C=O) groups is 2. The quantitative estimate of drug-likeness (QED) is 0.770. The molecule has 1 saturated carbocycles. The molecule has 1 amide bonds. The van der Waals surface area contributed by atoms with Crippen molar-refractivity contribution in [2.24, 2.45) is 0 Å². The standard InChI is InChI=1S/C18H20N2O5S/c1-24-13-5-4-11(8-14(13)25-2)16-19-12(10-26-16)9-15(21)20-18(17(22)23)6-3-7-18/h4-5,8,10H,3,6-7,9H2,1-2H3,(H,20,21)(H,22,23). The molecule has 0 radical (unpaired) electrons. The van der Waals surface area contributed by atoms with Crippen LogP contribution in [0.4, 0.5) is 0 Å². The maximum atomic E-state index is 12.2. The second-order valence-electron chi connectivity index (χ2n) is 6.18. The number of hydrogen-bond donors (Lipinski definition) is 2. The molecule has 1 heterocycles. The lowest BCUT2D eigenvalue weighted by atomic mass is 9.76. The second kappa shape index (κ2) is 7.33. The lowest BCUT2D eigenvalue weighted by Gasteiger charge is -2.38. The highest BCUT2D eigenvalue weighted by molar-refractivity contribution is 7.13. The molecule has 2 aromatic rings. The zero-order valence-corrected chi connectivity index (χ0v) is 15.4. The summed E-state index contributed by atoms with van der Waals surface area (Å²) in [5.41, 5.74) is 0.372. The van der Waals surface area contributed by atoms with Gasteiger partial charge in [-0.2, -0.15) is 0 Å². The van der Waals surface area contributed by atoms with Crippen LogP contribution >= 0.6 is 11.3 Å². The largest absolute Gasteiger partial charge is 0.493 e. The molecule has 2 N–H and O–H groups in total. The number of nitrogens with zero attached hydrogens (tertiary/aromatic N) is 1. The number of carbonyl (C=O) groups excluding carboxylic acids is 1. The van der Waals surface area contributed by atoms with Crippen LogP contribution in [-0.4, -0.2) is 41.7 Å². The molecule has 3 rings (SSSR count). The van der Waals surface area contributed by atoms with Gasteiger partial charge in [0.1, 0.15) is 10.5 Å². The number of rotatable bonds is 7. The third-order valence-electron chi connectivity index (χ3n) is 4.52. The van der Waals surface area contributed by atoms with Gasteiger partial charge in [0.15, 0.2) is 11.5 Å². The fourth-order valence-corrected chi connectivity index (χ4v) is 3.70. The van der Waals surface area contributed by atoms with Crippen molar-refractivity contribution in [2.45, 2.75) is 31.2 Å². The molecule has 26 heavy (non-hydrogen) atoms. The van der Waals surface area contributed by atoms with Gasteiger partial charge >= 0.3 is 5.97 Å². The van der Waals surface area contributed by atoms with Crippen molar-refractivity contribution in [1.29, 1.82) is 0 Å². The molecule has 0 atom stereocenters. The summed E-state index contributed by atoms with van der Waals surface area (Å²) in [4.78, 5) is 28.0. The van der Waals surface area contributed by atoms with Crippen LogP contribution in [0.15, 0.2) is 23.6 Å². The number of hydrogen-bond acceptors (Lipinski definition) is 6. The third kappa shape index (κ3) is 3.50. The molecule has 1 fully saturated rings. The number of carboxylic acids is 1. The summed E-state index contributed by atoms with van der Waals surface area (Å²) in [7, 11) is 3.14. The Morgan fingerprint density at radius 1 is 1.27 bits per heavy atom. The van der Waals surface area contributed by atoms with Crippen LogP contribution in [0.3, 0.4) is 0 Å². The van der Waals surface area contributed by atoms with E-state index in [1.165, 1.54) is 11.3 Å². The Bertz CT molecular complexity index is 829. The topological polar surface area (TPSA) is 97.8 Å². The van der Waals surface area contributed by atoms with E-state index in [4.69, 9.17) is 9.47 Å². The SMILES string of the molecule is COc1ccc(-c2nc(CC(=O)NC3(C(=O)O)CCC3)cs2)cc1OC. The van der Waals surface area contributed by atoms with Crippen molar-refractivity contribution in [3.8, 4) is 22.1 Å². The molecular formula is C18H20N2O5S. The summed E-state index contributed by atoms with van der Waals surface area (Å²) in [5.74, 6) is -0.0580. The minimum absolute atomic E-state index is 0.0544. The zero-order chi connectivity index (χ0) is 18.7. The number of methoxy groups -OCH3 is 2. The first-order chi connectivity index (χ1) is 12.5. The van der Waals surface area contributed by atoms with Crippen LogP contribution in [0.2, 0.25) is 0 Å². The van der Waals surface area contributed by atoms with Crippen LogP contribution in [0.1, 0.15) is 25.0 Å². The summed E-state index contributed by atoms with van der Waals surface area (Å²) in [6.07, 6.45) is 1.82. The highest BCUT2D eigenvalue weighted by atomic mass is 32.1. The van der Waals surface area contributed by atoms with Crippen molar-refractivity contribution in [2.75, 3.05) is 14.2 Å². The fraction of sp³-hybridized carbons (Fsp3) is 0.389. The summed E-state index contributed by atoms with van der Waals surface area (Å²) in [6.45, 7) is 0. The number of amides is 1. The van der Waals surface area contributed by atoms with Gasteiger partial charge in [0.2, 0.25) is 5.91 Å². The lowest BCUT2D eigenvalue weighted by molar-refractivity contribution is -0.151. The third-order valence-corrected chi connectivity index (χ3v) is 5.46. The summed E-state index contributed by atoms with van der Waals surface area (Å²) >= 11 is 1.42. The molecule has 0 spiro atoms. The van der Waals surface area contributed by atoms with E-state index in [0.29, 0.717) is 30.0 Å². The van der Waals surface area contributed by atoms with E-state index < -0.39 is 11.5 Å². The predicted octanol–water partition coefficient (Wildman–Crippen LogP) is 2.49. The number of benzene rings is 1. The molecule has 8 heteroatoms. The van der Waals surface area contributed by atoms with Gasteiger partial charge in [-0.3, -0.25) is 4.79 Å². The van der Waals surface area contributed by atoms with E-state index in [2.05, 4.69) is 10.3 Å². The lowest BCUT2D eigenvalue weighted by Crippen LogP contribution is -2.59. The van der Waals surface area contributed by atoms with Gasteiger partial charge in [0.25, 0.3) is 0 Å². The molecule has 1 aromatic heterocycles. The fourth-order valence-electron chi connectivity index (χ4n) is 2.89. The Labute approximate surface area is 155 Å². The van der Waals surface area contributed by atoms with Gasteiger partial charge < -0.3 is 19.9 Å². The van der Waals surface area contributed by atoms with Crippen LogP contribution in [-0.2, 0) is 16.0 Å². The number of ether oxygens (including phenoxy) is 2. The van der Waals surface area contributed by atoms with Crippen LogP contribution in [0.5, 0.6) is 11.5 Å². The molecule has 1 aliphatic carbocycles. The van der Waals surface area contributed by atoms with Crippen LogP contribution in [0, 0.1) is 0 Å². The summed E-state index contributed by atoms with van der Waals surface area (Å²) in [6, 6.07) is 5.50. The molecule has 0 bridgehead atoms. The smallest absolute Gasteiger partial charge is 0.329 e. The monoisotopic (exact) mass is 376 g/mol. The Kier molecular flexibility index (Phi) is 5.13. The van der Waals surface area contributed by atoms with Gasteiger partial charge in [-0.15, -0.1) is 11.3 Å². The number of aromatic nitrogens is 1. The molecule has 1 aliphatic rings. The maximum Gasteiger partial charge on any atom is 0.329 e. The highest BCUT2D eigenvalue weighted by Gasteiger charge is 2.45. The molecular weight excluding hydrogens is 356 g/mol.